The quantitative estimate of drug-likeness (QED) is 0.466. The molecule has 0 amide bonds. The van der Waals surface area contributed by atoms with Crippen molar-refractivity contribution >= 4 is 5.97 Å². The van der Waals surface area contributed by atoms with Gasteiger partial charge in [0.2, 0.25) is 0 Å². The van der Waals surface area contributed by atoms with E-state index in [1.54, 1.807) is 6.92 Å². The van der Waals surface area contributed by atoms with Gasteiger partial charge in [-0.05, 0) is 25.3 Å². The molecule has 74 valence electrons. The molecule has 0 spiro atoms. The van der Waals surface area contributed by atoms with Crippen LogP contribution in [-0.2, 0) is 9.53 Å². The van der Waals surface area contributed by atoms with Crippen LogP contribution < -0.4 is 0 Å². The molecular weight excluding hydrogens is 164 g/mol. The highest BCUT2D eigenvalue weighted by atomic mass is 16.5. The van der Waals surface area contributed by atoms with Gasteiger partial charge in [0.1, 0.15) is 0 Å². The number of hydrogen-bond acceptors (Lipinski definition) is 2. The van der Waals surface area contributed by atoms with Crippen molar-refractivity contribution in [1.82, 2.24) is 0 Å². The normalized spacial score (nSPS) is 9.08. The third-order valence-corrected chi connectivity index (χ3v) is 1.75. The fraction of sp³-hybridized carbons (Fsp3) is 0.636. The van der Waals surface area contributed by atoms with Gasteiger partial charge in [-0.1, -0.05) is 19.9 Å². The topological polar surface area (TPSA) is 26.3 Å². The Morgan fingerprint density at radius 1 is 1.46 bits per heavy atom. The fourth-order valence-corrected chi connectivity index (χ4v) is 1.02. The Hall–Kier alpha value is -1.01. The highest BCUT2D eigenvalue weighted by Gasteiger charge is 2.05. The molecular formula is C11H18O2. The van der Waals surface area contributed by atoms with Crippen LogP contribution in [0.5, 0.6) is 0 Å². The molecule has 0 N–H and O–H groups in total. The lowest BCUT2D eigenvalue weighted by Crippen LogP contribution is -2.04. The standard InChI is InChI=1S/C11H18O2/c1-4-7-8-10(5-2)9-11(12)13-6-3/h2,4,6-9H2,1,3H3. The summed E-state index contributed by atoms with van der Waals surface area (Å²) >= 11 is 0. The molecule has 0 aliphatic heterocycles. The number of unbranched alkanes of at least 4 members (excludes halogenated alkanes) is 1. The SMILES string of the molecule is C=C=C(CCCC)CC(=O)OCC. The maximum Gasteiger partial charge on any atom is 0.310 e. The number of ether oxygens (including phenoxy) is 1. The van der Waals surface area contributed by atoms with Crippen molar-refractivity contribution in [3.63, 3.8) is 0 Å². The van der Waals surface area contributed by atoms with Crippen molar-refractivity contribution in [3.8, 4) is 0 Å². The fourth-order valence-electron chi connectivity index (χ4n) is 1.02. The van der Waals surface area contributed by atoms with E-state index in [4.69, 9.17) is 4.74 Å². The van der Waals surface area contributed by atoms with Gasteiger partial charge in [-0.3, -0.25) is 4.79 Å². The van der Waals surface area contributed by atoms with Crippen molar-refractivity contribution in [2.45, 2.75) is 39.5 Å². The molecule has 0 aromatic rings. The molecule has 0 aromatic carbocycles. The van der Waals surface area contributed by atoms with Crippen LogP contribution in [0.25, 0.3) is 0 Å². The minimum absolute atomic E-state index is 0.176. The molecule has 0 unspecified atom stereocenters. The zero-order chi connectivity index (χ0) is 10.1. The zero-order valence-electron chi connectivity index (χ0n) is 8.56. The van der Waals surface area contributed by atoms with Gasteiger partial charge in [0.05, 0.1) is 13.0 Å². The zero-order valence-corrected chi connectivity index (χ0v) is 8.56. The van der Waals surface area contributed by atoms with Gasteiger partial charge in [-0.25, -0.2) is 0 Å². The minimum atomic E-state index is -0.176. The predicted octanol–water partition coefficient (Wildman–Crippen LogP) is 2.84. The molecule has 0 rings (SSSR count). The van der Waals surface area contributed by atoms with Gasteiger partial charge in [-0.2, -0.15) is 0 Å². The maximum absolute atomic E-state index is 11.1. The molecule has 0 fully saturated rings. The Labute approximate surface area is 80.3 Å². The second-order valence-corrected chi connectivity index (χ2v) is 2.87. The first kappa shape index (κ1) is 12.0. The van der Waals surface area contributed by atoms with Gasteiger partial charge in [0.15, 0.2) is 0 Å². The monoisotopic (exact) mass is 182 g/mol. The lowest BCUT2D eigenvalue weighted by Gasteiger charge is -2.03. The van der Waals surface area contributed by atoms with Crippen LogP contribution in [0, 0.1) is 0 Å². The molecule has 0 bridgehead atoms. The van der Waals surface area contributed by atoms with Gasteiger partial charge >= 0.3 is 5.97 Å². The van der Waals surface area contributed by atoms with Gasteiger partial charge in [0, 0.05) is 0 Å². The average Bonchev–Trinajstić information content (AvgIpc) is 2.12. The van der Waals surface area contributed by atoms with Crippen LogP contribution in [0.4, 0.5) is 0 Å². The van der Waals surface area contributed by atoms with Crippen molar-refractivity contribution in [1.29, 1.82) is 0 Å². The number of hydrogen-bond donors (Lipinski definition) is 0. The highest BCUT2D eigenvalue weighted by molar-refractivity contribution is 5.72. The largest absolute Gasteiger partial charge is 0.466 e. The third kappa shape index (κ3) is 6.18. The van der Waals surface area contributed by atoms with Crippen LogP contribution >= 0.6 is 0 Å². The molecule has 2 nitrogen and oxygen atoms in total. The molecule has 0 atom stereocenters. The number of rotatable bonds is 6. The van der Waals surface area contributed by atoms with Crippen LogP contribution in [0.3, 0.4) is 0 Å². The second-order valence-electron chi connectivity index (χ2n) is 2.87. The van der Waals surface area contributed by atoms with E-state index in [0.717, 1.165) is 24.8 Å². The summed E-state index contributed by atoms with van der Waals surface area (Å²) in [4.78, 5) is 11.1. The van der Waals surface area contributed by atoms with Crippen LogP contribution in [-0.4, -0.2) is 12.6 Å². The first-order chi connectivity index (χ1) is 6.24. The summed E-state index contributed by atoms with van der Waals surface area (Å²) in [5.41, 5.74) is 3.75. The lowest BCUT2D eigenvalue weighted by molar-refractivity contribution is -0.142. The van der Waals surface area contributed by atoms with E-state index in [1.165, 1.54) is 0 Å². The minimum Gasteiger partial charge on any atom is -0.466 e. The van der Waals surface area contributed by atoms with Crippen LogP contribution in [0.2, 0.25) is 0 Å². The Bertz CT molecular complexity index is 200. The molecule has 0 aliphatic rings. The van der Waals surface area contributed by atoms with Crippen molar-refractivity contribution in [3.05, 3.63) is 17.9 Å². The van der Waals surface area contributed by atoms with Crippen LogP contribution in [0.1, 0.15) is 39.5 Å². The summed E-state index contributed by atoms with van der Waals surface area (Å²) < 4.78 is 4.83. The molecule has 0 aliphatic carbocycles. The molecule has 0 aromatic heterocycles. The molecule has 0 saturated heterocycles. The Morgan fingerprint density at radius 3 is 2.62 bits per heavy atom. The summed E-state index contributed by atoms with van der Waals surface area (Å²) in [5.74, 6) is -0.176. The van der Waals surface area contributed by atoms with Crippen molar-refractivity contribution < 1.29 is 9.53 Å². The van der Waals surface area contributed by atoms with Gasteiger partial charge in [0.25, 0.3) is 0 Å². The summed E-state index contributed by atoms with van der Waals surface area (Å²) in [6.07, 6.45) is 3.45. The summed E-state index contributed by atoms with van der Waals surface area (Å²) in [7, 11) is 0. The van der Waals surface area contributed by atoms with Crippen molar-refractivity contribution in [2.75, 3.05) is 6.61 Å². The Balaban J connectivity index is 3.85. The Morgan fingerprint density at radius 2 is 2.15 bits per heavy atom. The summed E-state index contributed by atoms with van der Waals surface area (Å²) in [6, 6.07) is 0. The van der Waals surface area contributed by atoms with E-state index in [1.807, 2.05) is 0 Å². The highest BCUT2D eigenvalue weighted by Crippen LogP contribution is 2.10. The van der Waals surface area contributed by atoms with Gasteiger partial charge in [-0.15, -0.1) is 5.73 Å². The smallest absolute Gasteiger partial charge is 0.310 e. The first-order valence-corrected chi connectivity index (χ1v) is 4.78. The maximum atomic E-state index is 11.1. The summed E-state index contributed by atoms with van der Waals surface area (Å²) in [5, 5.41) is 0. The number of carbonyl (C=O) groups is 1. The van der Waals surface area contributed by atoms with E-state index >= 15 is 0 Å². The van der Waals surface area contributed by atoms with Gasteiger partial charge < -0.3 is 4.74 Å². The van der Waals surface area contributed by atoms with E-state index in [0.29, 0.717) is 13.0 Å². The first-order valence-electron chi connectivity index (χ1n) is 4.78. The number of carbonyl (C=O) groups excluding carboxylic acids is 1. The molecule has 0 radical (unpaired) electrons. The lowest BCUT2D eigenvalue weighted by atomic mass is 10.1. The average molecular weight is 182 g/mol. The number of esters is 1. The molecule has 0 heterocycles. The van der Waals surface area contributed by atoms with Crippen LogP contribution in [0.15, 0.2) is 17.9 Å². The Kier molecular flexibility index (Phi) is 7.04. The predicted molar refractivity (Wildman–Crippen MR) is 53.4 cm³/mol. The van der Waals surface area contributed by atoms with E-state index < -0.39 is 0 Å². The van der Waals surface area contributed by atoms with Crippen molar-refractivity contribution in [2.24, 2.45) is 0 Å². The summed E-state index contributed by atoms with van der Waals surface area (Å²) in [6.45, 7) is 7.92. The molecule has 13 heavy (non-hydrogen) atoms. The second kappa shape index (κ2) is 7.63. The van der Waals surface area contributed by atoms with E-state index in [2.05, 4.69) is 19.2 Å². The van der Waals surface area contributed by atoms with E-state index in [9.17, 15) is 4.79 Å². The molecule has 2 heteroatoms. The third-order valence-electron chi connectivity index (χ3n) is 1.75. The molecule has 0 saturated carbocycles. The van der Waals surface area contributed by atoms with E-state index in [-0.39, 0.29) is 5.97 Å².